The van der Waals surface area contributed by atoms with Crippen molar-refractivity contribution in [2.45, 2.75) is 44.2 Å². The third-order valence-electron chi connectivity index (χ3n) is 7.06. The number of aliphatic hydroxyl groups is 1. The zero-order valence-corrected chi connectivity index (χ0v) is 17.0. The molecule has 0 amide bonds. The predicted molar refractivity (Wildman–Crippen MR) is 109 cm³/mol. The highest BCUT2D eigenvalue weighted by Crippen LogP contribution is 2.64. The van der Waals surface area contributed by atoms with Gasteiger partial charge in [0.15, 0.2) is 11.4 Å². The maximum atomic E-state index is 13.8. The van der Waals surface area contributed by atoms with Gasteiger partial charge in [-0.1, -0.05) is 36.4 Å². The summed E-state index contributed by atoms with van der Waals surface area (Å²) in [5.41, 5.74) is -0.128. The molecule has 3 aliphatic carbocycles. The van der Waals surface area contributed by atoms with Gasteiger partial charge in [0.2, 0.25) is 11.5 Å². The molecule has 5 rings (SSSR count). The Bertz CT molecular complexity index is 876. The van der Waals surface area contributed by atoms with E-state index >= 15 is 0 Å². The first kappa shape index (κ1) is 18.9. The zero-order chi connectivity index (χ0) is 20.1. The number of fused-ring (bicyclic) bond motifs is 4. The summed E-state index contributed by atoms with van der Waals surface area (Å²) in [5, 5.41) is 12.2. The standard InChI is InChI=1S/C24H29NO4/c1-25(15-17-8-3-2-4-9-17)16-23-14-18-10-5-6-11-19(18)24(23,27)22-20(21(23)26)28-12-7-13-29-22/h2-4,8-9,11,18,27H,5-7,10,12-16H2,1H3/t18-,23-,24+/m1/s1. The monoisotopic (exact) mass is 395 g/mol. The van der Waals surface area contributed by atoms with Crippen molar-refractivity contribution in [3.63, 3.8) is 0 Å². The van der Waals surface area contributed by atoms with Crippen LogP contribution in [0.2, 0.25) is 0 Å². The van der Waals surface area contributed by atoms with Crippen molar-refractivity contribution in [2.75, 3.05) is 26.8 Å². The van der Waals surface area contributed by atoms with Crippen molar-refractivity contribution in [3.05, 3.63) is 59.1 Å². The molecule has 1 fully saturated rings. The van der Waals surface area contributed by atoms with Crippen molar-refractivity contribution < 1.29 is 19.4 Å². The SMILES string of the molecule is CN(Cc1ccccc1)C[C@@]12C[C@H]3CCCC=C3[C@]1(O)C1=C(OCCCO1)C2=O. The van der Waals surface area contributed by atoms with Crippen molar-refractivity contribution in [2.24, 2.45) is 11.3 Å². The number of hydrogen-bond acceptors (Lipinski definition) is 5. The number of allylic oxidation sites excluding steroid dienone is 2. The number of hydrogen-bond donors (Lipinski definition) is 1. The smallest absolute Gasteiger partial charge is 0.212 e. The fourth-order valence-electron chi connectivity index (χ4n) is 5.90. The minimum atomic E-state index is -1.38. The van der Waals surface area contributed by atoms with Crippen LogP contribution in [0.25, 0.3) is 0 Å². The second-order valence-corrected chi connectivity index (χ2v) is 8.98. The molecule has 3 atom stereocenters. The molecule has 5 heteroatoms. The van der Waals surface area contributed by atoms with Crippen LogP contribution in [0.3, 0.4) is 0 Å². The molecule has 0 bridgehead atoms. The van der Waals surface area contributed by atoms with Crippen LogP contribution in [0, 0.1) is 11.3 Å². The van der Waals surface area contributed by atoms with Gasteiger partial charge in [-0.05, 0) is 49.8 Å². The Labute approximate surface area is 172 Å². The molecule has 1 aliphatic heterocycles. The molecular weight excluding hydrogens is 366 g/mol. The molecule has 4 aliphatic rings. The Morgan fingerprint density at radius 1 is 1.17 bits per heavy atom. The van der Waals surface area contributed by atoms with Gasteiger partial charge in [0.25, 0.3) is 0 Å². The number of ketones is 1. The van der Waals surface area contributed by atoms with Gasteiger partial charge in [-0.3, -0.25) is 4.79 Å². The van der Waals surface area contributed by atoms with Crippen LogP contribution >= 0.6 is 0 Å². The molecule has 1 saturated carbocycles. The van der Waals surface area contributed by atoms with E-state index in [4.69, 9.17) is 9.47 Å². The maximum Gasteiger partial charge on any atom is 0.212 e. The van der Waals surface area contributed by atoms with E-state index in [1.54, 1.807) is 0 Å². The van der Waals surface area contributed by atoms with E-state index < -0.39 is 11.0 Å². The van der Waals surface area contributed by atoms with E-state index in [0.717, 1.165) is 37.8 Å². The topological polar surface area (TPSA) is 59.0 Å². The number of rotatable bonds is 4. The Hall–Kier alpha value is -2.11. The van der Waals surface area contributed by atoms with Crippen molar-refractivity contribution in [3.8, 4) is 0 Å². The van der Waals surface area contributed by atoms with Crippen molar-refractivity contribution >= 4 is 5.78 Å². The Morgan fingerprint density at radius 3 is 2.79 bits per heavy atom. The van der Waals surface area contributed by atoms with Gasteiger partial charge in [0.05, 0.1) is 18.6 Å². The molecule has 1 N–H and O–H groups in total. The van der Waals surface area contributed by atoms with Crippen LogP contribution in [-0.4, -0.2) is 48.2 Å². The van der Waals surface area contributed by atoms with Crippen LogP contribution in [0.4, 0.5) is 0 Å². The molecule has 29 heavy (non-hydrogen) atoms. The number of ether oxygens (including phenoxy) is 2. The van der Waals surface area contributed by atoms with Crippen molar-refractivity contribution in [1.82, 2.24) is 4.90 Å². The van der Waals surface area contributed by atoms with E-state index in [2.05, 4.69) is 23.1 Å². The normalized spacial score (nSPS) is 33.4. The number of nitrogens with zero attached hydrogens (tertiary/aromatic N) is 1. The van der Waals surface area contributed by atoms with Gasteiger partial charge >= 0.3 is 0 Å². The molecule has 0 spiro atoms. The average Bonchev–Trinajstić information content (AvgIpc) is 2.94. The summed E-state index contributed by atoms with van der Waals surface area (Å²) in [6.45, 7) is 2.13. The van der Waals surface area contributed by atoms with E-state index in [9.17, 15) is 9.90 Å². The third-order valence-corrected chi connectivity index (χ3v) is 7.06. The first-order valence-corrected chi connectivity index (χ1v) is 10.8. The lowest BCUT2D eigenvalue weighted by Gasteiger charge is -2.39. The van der Waals surface area contributed by atoms with Gasteiger partial charge in [-0.25, -0.2) is 0 Å². The van der Waals surface area contributed by atoms with Crippen LogP contribution in [0.5, 0.6) is 0 Å². The van der Waals surface area contributed by atoms with Crippen LogP contribution < -0.4 is 0 Å². The quantitative estimate of drug-likeness (QED) is 0.794. The molecule has 1 aromatic carbocycles. The minimum absolute atomic E-state index is 0.0767. The molecule has 1 heterocycles. The molecule has 154 valence electrons. The molecule has 0 saturated heterocycles. The zero-order valence-electron chi connectivity index (χ0n) is 17.0. The van der Waals surface area contributed by atoms with Crippen LogP contribution in [0.15, 0.2) is 53.5 Å². The highest BCUT2D eigenvalue weighted by Gasteiger charge is 2.73. The Balaban J connectivity index is 1.54. The summed E-state index contributed by atoms with van der Waals surface area (Å²) >= 11 is 0. The lowest BCUT2D eigenvalue weighted by atomic mass is 9.73. The largest absolute Gasteiger partial charge is 0.490 e. The van der Waals surface area contributed by atoms with Crippen LogP contribution in [0.1, 0.15) is 37.7 Å². The summed E-state index contributed by atoms with van der Waals surface area (Å²) in [4.78, 5) is 15.9. The lowest BCUT2D eigenvalue weighted by molar-refractivity contribution is -0.136. The average molecular weight is 395 g/mol. The first-order valence-electron chi connectivity index (χ1n) is 10.8. The molecule has 0 aromatic heterocycles. The minimum Gasteiger partial charge on any atom is -0.490 e. The van der Waals surface area contributed by atoms with E-state index in [1.807, 2.05) is 25.2 Å². The van der Waals surface area contributed by atoms with Crippen molar-refractivity contribution in [1.29, 1.82) is 0 Å². The Morgan fingerprint density at radius 2 is 1.97 bits per heavy atom. The molecule has 5 nitrogen and oxygen atoms in total. The number of benzene rings is 1. The number of carbonyl (C=O) groups is 1. The molecule has 0 radical (unpaired) electrons. The third kappa shape index (κ3) is 2.71. The highest BCUT2D eigenvalue weighted by atomic mass is 16.5. The van der Waals surface area contributed by atoms with Gasteiger partial charge in [-0.2, -0.15) is 0 Å². The Kier molecular flexibility index (Phi) is 4.56. The van der Waals surface area contributed by atoms with E-state index in [-0.39, 0.29) is 17.5 Å². The van der Waals surface area contributed by atoms with E-state index in [0.29, 0.717) is 31.9 Å². The van der Waals surface area contributed by atoms with Gasteiger partial charge < -0.3 is 19.5 Å². The van der Waals surface area contributed by atoms with E-state index in [1.165, 1.54) is 5.56 Å². The first-order chi connectivity index (χ1) is 14.1. The van der Waals surface area contributed by atoms with Gasteiger partial charge in [0, 0.05) is 19.5 Å². The number of carbonyl (C=O) groups excluding carboxylic acids is 1. The van der Waals surface area contributed by atoms with Gasteiger partial charge in [0.1, 0.15) is 0 Å². The maximum absolute atomic E-state index is 13.8. The molecular formula is C24H29NO4. The second kappa shape index (κ2) is 6.99. The molecule has 1 aromatic rings. The lowest BCUT2D eigenvalue weighted by Crippen LogP contribution is -2.53. The highest BCUT2D eigenvalue weighted by molar-refractivity contribution is 6.05. The summed E-state index contributed by atoms with van der Waals surface area (Å²) in [6.07, 6.45) is 6.62. The molecule has 0 unspecified atom stereocenters. The summed E-state index contributed by atoms with van der Waals surface area (Å²) < 4.78 is 11.9. The van der Waals surface area contributed by atoms with Gasteiger partial charge in [-0.15, -0.1) is 0 Å². The summed E-state index contributed by atoms with van der Waals surface area (Å²) in [6, 6.07) is 10.2. The second-order valence-electron chi connectivity index (χ2n) is 8.98. The summed E-state index contributed by atoms with van der Waals surface area (Å²) in [7, 11) is 2.02. The fraction of sp³-hybridized carbons (Fsp3) is 0.542. The fourth-order valence-corrected chi connectivity index (χ4v) is 5.90. The number of Topliss-reactive ketones (excluding diaryl/α,β-unsaturated/α-hetero) is 1. The predicted octanol–water partition coefficient (Wildman–Crippen LogP) is 3.20. The van der Waals surface area contributed by atoms with Crippen LogP contribution in [-0.2, 0) is 20.8 Å². The summed E-state index contributed by atoms with van der Waals surface area (Å²) in [5.74, 6) is 0.808.